The van der Waals surface area contributed by atoms with E-state index in [1.165, 1.54) is 26.4 Å². The molecule has 0 N–H and O–H groups in total. The van der Waals surface area contributed by atoms with Crippen LogP contribution in [-0.2, 0) is 16.1 Å². The molecule has 0 aromatic carbocycles. The maximum Gasteiger partial charge on any atom is 0.339 e. The summed E-state index contributed by atoms with van der Waals surface area (Å²) in [6, 6.07) is 2.81. The summed E-state index contributed by atoms with van der Waals surface area (Å²) in [5.74, 6) is -0.980. The van der Waals surface area contributed by atoms with E-state index in [9.17, 15) is 9.18 Å². The number of methoxy groups -OCH3 is 2. The molecule has 19 heavy (non-hydrogen) atoms. The fraction of sp³-hybridized carbons (Fsp3) is 0.308. The monoisotopic (exact) mass is 264 g/mol. The second-order valence-corrected chi connectivity index (χ2v) is 4.01. The molecule has 0 atom stereocenters. The first-order valence-corrected chi connectivity index (χ1v) is 5.61. The number of nitrogens with zero attached hydrogens (tertiary/aromatic N) is 2. The van der Waals surface area contributed by atoms with Crippen molar-refractivity contribution in [3.63, 3.8) is 0 Å². The zero-order valence-electron chi connectivity index (χ0n) is 10.9. The van der Waals surface area contributed by atoms with E-state index in [1.807, 2.05) is 0 Å². The summed E-state index contributed by atoms with van der Waals surface area (Å²) in [4.78, 5) is 20.0. The predicted octanol–water partition coefficient (Wildman–Crippen LogP) is 2.01. The smallest absolute Gasteiger partial charge is 0.339 e. The number of fused-ring (bicyclic) bond motifs is 1. The number of ether oxygens (including phenoxy) is 2. The zero-order chi connectivity index (χ0) is 14.0. The highest BCUT2D eigenvalue weighted by Crippen LogP contribution is 2.19. The lowest BCUT2D eigenvalue weighted by Crippen LogP contribution is -2.09. The van der Waals surface area contributed by atoms with Gasteiger partial charge in [0.2, 0.25) is 0 Å². The molecular weight excluding hydrogens is 251 g/mol. The first kappa shape index (κ1) is 13.4. The van der Waals surface area contributed by atoms with Gasteiger partial charge in [-0.1, -0.05) is 0 Å². The van der Waals surface area contributed by atoms with Crippen molar-refractivity contribution in [2.45, 2.75) is 13.5 Å². The molecule has 6 heteroatoms. The summed E-state index contributed by atoms with van der Waals surface area (Å²) in [7, 11) is 2.77. The molecule has 0 aliphatic rings. The van der Waals surface area contributed by atoms with E-state index in [2.05, 4.69) is 14.7 Å². The molecule has 5 nitrogen and oxygen atoms in total. The predicted molar refractivity (Wildman–Crippen MR) is 66.3 cm³/mol. The summed E-state index contributed by atoms with van der Waals surface area (Å²) >= 11 is 0. The van der Waals surface area contributed by atoms with Crippen LogP contribution in [0.4, 0.5) is 4.39 Å². The van der Waals surface area contributed by atoms with Gasteiger partial charge in [0.25, 0.3) is 0 Å². The van der Waals surface area contributed by atoms with Gasteiger partial charge in [0.1, 0.15) is 5.82 Å². The molecule has 2 aromatic heterocycles. The fourth-order valence-electron chi connectivity index (χ4n) is 1.74. The van der Waals surface area contributed by atoms with Gasteiger partial charge in [-0.05, 0) is 19.1 Å². The number of esters is 1. The van der Waals surface area contributed by atoms with Gasteiger partial charge in [-0.3, -0.25) is 0 Å². The minimum atomic E-state index is -0.539. The molecule has 0 unspecified atom stereocenters. The third-order valence-corrected chi connectivity index (χ3v) is 2.70. The minimum absolute atomic E-state index is 0.151. The third-order valence-electron chi connectivity index (χ3n) is 2.70. The number of halogens is 1. The maximum atomic E-state index is 13.5. The summed E-state index contributed by atoms with van der Waals surface area (Å²) in [5.41, 5.74) is 1.30. The number of hydrogen-bond donors (Lipinski definition) is 0. The minimum Gasteiger partial charge on any atom is -0.465 e. The van der Waals surface area contributed by atoms with Crippen LogP contribution in [-0.4, -0.2) is 30.2 Å². The van der Waals surface area contributed by atoms with E-state index in [0.717, 1.165) is 0 Å². The van der Waals surface area contributed by atoms with Crippen molar-refractivity contribution in [3.05, 3.63) is 34.9 Å². The molecule has 2 aromatic rings. The molecular formula is C13H13FN2O3. The van der Waals surface area contributed by atoms with Crippen LogP contribution in [0.25, 0.3) is 11.0 Å². The zero-order valence-corrected chi connectivity index (χ0v) is 10.9. The van der Waals surface area contributed by atoms with Crippen molar-refractivity contribution in [2.24, 2.45) is 0 Å². The molecule has 0 aliphatic carbocycles. The van der Waals surface area contributed by atoms with Crippen LogP contribution >= 0.6 is 0 Å². The number of aromatic nitrogens is 2. The Morgan fingerprint density at radius 2 is 2.05 bits per heavy atom. The topological polar surface area (TPSA) is 61.3 Å². The normalized spacial score (nSPS) is 10.7. The lowest BCUT2D eigenvalue weighted by Gasteiger charge is -2.08. The van der Waals surface area contributed by atoms with Crippen molar-refractivity contribution < 1.29 is 18.7 Å². The standard InChI is InChI=1S/C13H13FN2O3/c1-7-10(14)5-8-4-9(13(17)19-3)11(6-18-2)16-12(8)15-7/h4-5H,6H2,1-3H3. The van der Waals surface area contributed by atoms with Gasteiger partial charge in [0, 0.05) is 12.5 Å². The van der Waals surface area contributed by atoms with Crippen LogP contribution in [0.5, 0.6) is 0 Å². The average molecular weight is 264 g/mol. The van der Waals surface area contributed by atoms with Crippen molar-refractivity contribution in [3.8, 4) is 0 Å². The average Bonchev–Trinajstić information content (AvgIpc) is 2.39. The number of carbonyl (C=O) groups is 1. The Kier molecular flexibility index (Phi) is 3.71. The van der Waals surface area contributed by atoms with Crippen LogP contribution in [0.1, 0.15) is 21.7 Å². The Balaban J connectivity index is 2.68. The molecule has 0 fully saturated rings. The van der Waals surface area contributed by atoms with Crippen LogP contribution in [0.2, 0.25) is 0 Å². The van der Waals surface area contributed by atoms with Crippen molar-refractivity contribution in [2.75, 3.05) is 14.2 Å². The lowest BCUT2D eigenvalue weighted by molar-refractivity contribution is 0.0595. The molecule has 0 aliphatic heterocycles. The number of carbonyl (C=O) groups excluding carboxylic acids is 1. The van der Waals surface area contributed by atoms with E-state index in [4.69, 9.17) is 4.74 Å². The fourth-order valence-corrected chi connectivity index (χ4v) is 1.74. The van der Waals surface area contributed by atoms with E-state index < -0.39 is 11.8 Å². The lowest BCUT2D eigenvalue weighted by atomic mass is 10.1. The maximum absolute atomic E-state index is 13.5. The third kappa shape index (κ3) is 2.53. The van der Waals surface area contributed by atoms with E-state index in [0.29, 0.717) is 16.7 Å². The molecule has 0 saturated carbocycles. The highest BCUT2D eigenvalue weighted by Gasteiger charge is 2.16. The quantitative estimate of drug-likeness (QED) is 0.793. The highest BCUT2D eigenvalue weighted by atomic mass is 19.1. The van der Waals surface area contributed by atoms with E-state index >= 15 is 0 Å². The van der Waals surface area contributed by atoms with Crippen LogP contribution in [0.15, 0.2) is 12.1 Å². The molecule has 0 saturated heterocycles. The Morgan fingerprint density at radius 3 is 2.68 bits per heavy atom. The number of rotatable bonds is 3. The van der Waals surface area contributed by atoms with Gasteiger partial charge in [0.15, 0.2) is 5.65 Å². The first-order valence-electron chi connectivity index (χ1n) is 5.61. The molecule has 0 bridgehead atoms. The second kappa shape index (κ2) is 5.27. The van der Waals surface area contributed by atoms with Gasteiger partial charge in [-0.15, -0.1) is 0 Å². The summed E-state index contributed by atoms with van der Waals surface area (Å²) in [5, 5.41) is 0.448. The Labute approximate surface area is 109 Å². The molecule has 0 spiro atoms. The van der Waals surface area contributed by atoms with Crippen LogP contribution in [0, 0.1) is 12.7 Å². The molecule has 100 valence electrons. The van der Waals surface area contributed by atoms with Gasteiger partial charge in [-0.25, -0.2) is 19.2 Å². The Bertz CT molecular complexity index is 643. The van der Waals surface area contributed by atoms with Gasteiger partial charge in [-0.2, -0.15) is 0 Å². The highest BCUT2D eigenvalue weighted by molar-refractivity contribution is 5.94. The molecule has 2 heterocycles. The van der Waals surface area contributed by atoms with Crippen molar-refractivity contribution in [1.29, 1.82) is 0 Å². The van der Waals surface area contributed by atoms with E-state index in [-0.39, 0.29) is 17.9 Å². The van der Waals surface area contributed by atoms with Crippen LogP contribution < -0.4 is 0 Å². The van der Waals surface area contributed by atoms with E-state index in [1.54, 1.807) is 6.92 Å². The van der Waals surface area contributed by atoms with Gasteiger partial charge >= 0.3 is 5.97 Å². The molecule has 2 rings (SSSR count). The van der Waals surface area contributed by atoms with Crippen molar-refractivity contribution >= 4 is 17.0 Å². The summed E-state index contributed by atoms with van der Waals surface area (Å²) in [6.45, 7) is 1.71. The van der Waals surface area contributed by atoms with Crippen LogP contribution in [0.3, 0.4) is 0 Å². The number of pyridine rings is 2. The number of hydrogen-bond acceptors (Lipinski definition) is 5. The molecule has 0 radical (unpaired) electrons. The Morgan fingerprint density at radius 1 is 1.32 bits per heavy atom. The first-order chi connectivity index (χ1) is 9.06. The Hall–Kier alpha value is -2.08. The summed E-state index contributed by atoms with van der Waals surface area (Å²) in [6.07, 6.45) is 0. The SMILES string of the molecule is COCc1nc2nc(C)c(F)cc2cc1C(=O)OC. The number of aryl methyl sites for hydroxylation is 1. The van der Waals surface area contributed by atoms with Gasteiger partial charge in [0.05, 0.1) is 30.7 Å². The van der Waals surface area contributed by atoms with Crippen molar-refractivity contribution in [1.82, 2.24) is 9.97 Å². The summed E-state index contributed by atoms with van der Waals surface area (Å²) < 4.78 is 23.2. The largest absolute Gasteiger partial charge is 0.465 e. The van der Waals surface area contributed by atoms with Gasteiger partial charge < -0.3 is 9.47 Å². The second-order valence-electron chi connectivity index (χ2n) is 4.01. The molecule has 0 amide bonds.